The first-order valence-corrected chi connectivity index (χ1v) is 10.2. The van der Waals surface area contributed by atoms with Gasteiger partial charge in [0.1, 0.15) is 5.75 Å². The maximum Gasteiger partial charge on any atom is 0.335 e. The number of hydrogen-bond acceptors (Lipinski definition) is 6. The Balaban J connectivity index is 1.87. The largest absolute Gasteiger partial charge is 0.497 e. The van der Waals surface area contributed by atoms with Crippen molar-refractivity contribution in [1.82, 2.24) is 0 Å². The minimum absolute atomic E-state index is 0.0627. The molecule has 8 heteroatoms. The van der Waals surface area contributed by atoms with Crippen LogP contribution in [0.5, 0.6) is 5.75 Å². The number of hydrogen-bond donors (Lipinski definition) is 2. The molecule has 2 N–H and O–H groups in total. The molecule has 2 aromatic rings. The van der Waals surface area contributed by atoms with Crippen molar-refractivity contribution in [2.45, 2.75) is 19.8 Å². The van der Waals surface area contributed by atoms with Gasteiger partial charge in [-0.15, -0.1) is 0 Å². The number of carbonyl (C=O) groups is 3. The normalized spacial score (nSPS) is 15.8. The van der Waals surface area contributed by atoms with E-state index in [0.29, 0.717) is 42.4 Å². The zero-order chi connectivity index (χ0) is 22.4. The lowest BCUT2D eigenvalue weighted by Gasteiger charge is -2.34. The highest BCUT2D eigenvalue weighted by Crippen LogP contribution is 2.32. The van der Waals surface area contributed by atoms with Crippen LogP contribution in [0.1, 0.15) is 40.5 Å². The van der Waals surface area contributed by atoms with Crippen LogP contribution in [0.2, 0.25) is 0 Å². The van der Waals surface area contributed by atoms with Crippen LogP contribution in [0.25, 0.3) is 0 Å². The fourth-order valence-corrected chi connectivity index (χ4v) is 3.63. The highest BCUT2D eigenvalue weighted by molar-refractivity contribution is 6.06. The molecule has 1 amide bonds. The molecule has 1 aliphatic heterocycles. The Labute approximate surface area is 180 Å². The number of nitrogens with one attached hydrogen (secondary N) is 1. The number of anilines is 2. The van der Waals surface area contributed by atoms with Crippen LogP contribution < -0.4 is 15.0 Å². The molecule has 1 atom stereocenters. The first kappa shape index (κ1) is 22.1. The fraction of sp³-hybridized carbons (Fsp3) is 0.348. The van der Waals surface area contributed by atoms with Gasteiger partial charge in [0.2, 0.25) is 0 Å². The molecule has 0 radical (unpaired) electrons. The van der Waals surface area contributed by atoms with Crippen LogP contribution >= 0.6 is 0 Å². The third kappa shape index (κ3) is 5.33. The van der Waals surface area contributed by atoms with Crippen molar-refractivity contribution in [3.05, 3.63) is 53.6 Å². The number of piperidine rings is 1. The molecular formula is C23H26N2O6. The molecule has 1 heterocycles. The monoisotopic (exact) mass is 426 g/mol. The quantitative estimate of drug-likeness (QED) is 0.654. The van der Waals surface area contributed by atoms with Gasteiger partial charge in [0.25, 0.3) is 5.91 Å². The van der Waals surface area contributed by atoms with E-state index in [-0.39, 0.29) is 23.4 Å². The Kier molecular flexibility index (Phi) is 7.12. The molecule has 1 saturated heterocycles. The maximum absolute atomic E-state index is 12.8. The smallest absolute Gasteiger partial charge is 0.335 e. The summed E-state index contributed by atoms with van der Waals surface area (Å²) in [5.41, 5.74) is 1.52. The highest BCUT2D eigenvalue weighted by Gasteiger charge is 2.28. The van der Waals surface area contributed by atoms with Crippen molar-refractivity contribution in [2.24, 2.45) is 5.92 Å². The summed E-state index contributed by atoms with van der Waals surface area (Å²) in [6.45, 7) is 3.23. The van der Waals surface area contributed by atoms with Gasteiger partial charge in [-0.2, -0.15) is 0 Å². The van der Waals surface area contributed by atoms with Crippen molar-refractivity contribution >= 4 is 29.2 Å². The van der Waals surface area contributed by atoms with Gasteiger partial charge in [-0.3, -0.25) is 9.59 Å². The van der Waals surface area contributed by atoms with Crippen molar-refractivity contribution < 1.29 is 29.0 Å². The summed E-state index contributed by atoms with van der Waals surface area (Å²) in [7, 11) is 1.54. The lowest BCUT2D eigenvalue weighted by atomic mass is 9.97. The Hall–Kier alpha value is -3.55. The van der Waals surface area contributed by atoms with Crippen molar-refractivity contribution in [3.8, 4) is 5.75 Å². The number of nitrogens with zero attached hydrogens (tertiary/aromatic N) is 1. The van der Waals surface area contributed by atoms with Gasteiger partial charge in [0.05, 0.1) is 36.6 Å². The third-order valence-corrected chi connectivity index (χ3v) is 5.23. The number of carboxylic acid groups (broad SMARTS) is 1. The second-order valence-electron chi connectivity index (χ2n) is 7.26. The maximum atomic E-state index is 12.8. The summed E-state index contributed by atoms with van der Waals surface area (Å²) in [5, 5.41) is 12.2. The first-order chi connectivity index (χ1) is 14.9. The van der Waals surface area contributed by atoms with E-state index < -0.39 is 5.97 Å². The van der Waals surface area contributed by atoms with Crippen LogP contribution in [0.15, 0.2) is 42.5 Å². The van der Waals surface area contributed by atoms with Gasteiger partial charge >= 0.3 is 11.9 Å². The Morgan fingerprint density at radius 2 is 1.84 bits per heavy atom. The Morgan fingerprint density at radius 3 is 2.48 bits per heavy atom. The molecule has 0 aromatic heterocycles. The first-order valence-electron chi connectivity index (χ1n) is 10.2. The summed E-state index contributed by atoms with van der Waals surface area (Å²) in [4.78, 5) is 38.5. The van der Waals surface area contributed by atoms with E-state index in [0.717, 1.165) is 12.8 Å². The zero-order valence-corrected chi connectivity index (χ0v) is 17.6. The van der Waals surface area contributed by atoms with Crippen LogP contribution in [-0.2, 0) is 9.53 Å². The van der Waals surface area contributed by atoms with Crippen LogP contribution in [-0.4, -0.2) is 49.8 Å². The number of aromatic carboxylic acids is 1. The molecule has 31 heavy (non-hydrogen) atoms. The summed E-state index contributed by atoms with van der Waals surface area (Å²) in [6.07, 6.45) is 1.52. The van der Waals surface area contributed by atoms with E-state index in [9.17, 15) is 19.5 Å². The number of carboxylic acids is 1. The summed E-state index contributed by atoms with van der Waals surface area (Å²) < 4.78 is 10.3. The molecule has 0 spiro atoms. The number of esters is 1. The number of carbonyl (C=O) groups excluding carboxylic acids is 2. The molecule has 3 rings (SSSR count). The molecule has 0 aliphatic carbocycles. The molecule has 2 aromatic carbocycles. The number of rotatable bonds is 7. The van der Waals surface area contributed by atoms with Gasteiger partial charge in [-0.25, -0.2) is 4.79 Å². The zero-order valence-electron chi connectivity index (χ0n) is 17.6. The van der Waals surface area contributed by atoms with E-state index in [1.54, 1.807) is 44.4 Å². The van der Waals surface area contributed by atoms with Crippen LogP contribution in [0, 0.1) is 5.92 Å². The predicted octanol–water partition coefficient (Wildman–Crippen LogP) is 3.43. The van der Waals surface area contributed by atoms with Gasteiger partial charge in [-0.1, -0.05) is 0 Å². The van der Waals surface area contributed by atoms with E-state index in [2.05, 4.69) is 5.32 Å². The standard InChI is InChI=1S/C23H26N2O6/c1-3-31-23(29)17-5-4-12-25(14-17)20-11-8-16(22(27)28)13-19(20)24-21(26)15-6-9-18(30-2)10-7-15/h6-11,13,17H,3-5,12,14H2,1-2H3,(H,24,26)(H,27,28). The average Bonchev–Trinajstić information content (AvgIpc) is 2.79. The van der Waals surface area contributed by atoms with Crippen molar-refractivity contribution in [2.75, 3.05) is 37.0 Å². The predicted molar refractivity (Wildman–Crippen MR) is 116 cm³/mol. The molecule has 0 saturated carbocycles. The van der Waals surface area contributed by atoms with Gasteiger partial charge < -0.3 is 24.8 Å². The third-order valence-electron chi connectivity index (χ3n) is 5.23. The summed E-state index contributed by atoms with van der Waals surface area (Å²) in [6, 6.07) is 11.2. The number of benzene rings is 2. The lowest BCUT2D eigenvalue weighted by molar-refractivity contribution is -0.148. The molecule has 0 bridgehead atoms. The Morgan fingerprint density at radius 1 is 1.13 bits per heavy atom. The van der Waals surface area contributed by atoms with E-state index >= 15 is 0 Å². The second-order valence-corrected chi connectivity index (χ2v) is 7.26. The molecular weight excluding hydrogens is 400 g/mol. The van der Waals surface area contributed by atoms with Crippen molar-refractivity contribution in [3.63, 3.8) is 0 Å². The lowest BCUT2D eigenvalue weighted by Crippen LogP contribution is -2.39. The minimum Gasteiger partial charge on any atom is -0.497 e. The summed E-state index contributed by atoms with van der Waals surface area (Å²) in [5.74, 6) is -1.33. The van der Waals surface area contributed by atoms with Crippen molar-refractivity contribution in [1.29, 1.82) is 0 Å². The molecule has 8 nitrogen and oxygen atoms in total. The highest BCUT2D eigenvalue weighted by atomic mass is 16.5. The number of ether oxygens (including phenoxy) is 2. The van der Waals surface area contributed by atoms with E-state index in [1.165, 1.54) is 12.1 Å². The molecule has 164 valence electrons. The average molecular weight is 426 g/mol. The Bertz CT molecular complexity index is 957. The van der Waals surface area contributed by atoms with E-state index in [1.807, 2.05) is 4.90 Å². The number of methoxy groups -OCH3 is 1. The number of amides is 1. The van der Waals surface area contributed by atoms with Crippen LogP contribution in [0.3, 0.4) is 0 Å². The summed E-state index contributed by atoms with van der Waals surface area (Å²) >= 11 is 0. The topological polar surface area (TPSA) is 105 Å². The molecule has 1 fully saturated rings. The van der Waals surface area contributed by atoms with Gasteiger partial charge in [0, 0.05) is 18.7 Å². The molecule has 1 aliphatic rings. The van der Waals surface area contributed by atoms with Gasteiger partial charge in [-0.05, 0) is 62.2 Å². The minimum atomic E-state index is -1.09. The fourth-order valence-electron chi connectivity index (χ4n) is 3.63. The van der Waals surface area contributed by atoms with Crippen LogP contribution in [0.4, 0.5) is 11.4 Å². The SMILES string of the molecule is CCOC(=O)C1CCCN(c2ccc(C(=O)O)cc2NC(=O)c2ccc(OC)cc2)C1. The molecule has 1 unspecified atom stereocenters. The van der Waals surface area contributed by atoms with E-state index in [4.69, 9.17) is 9.47 Å². The second kappa shape index (κ2) is 9.97. The van der Waals surface area contributed by atoms with Gasteiger partial charge in [0.15, 0.2) is 0 Å².